The van der Waals surface area contributed by atoms with Crippen molar-refractivity contribution in [1.29, 1.82) is 0 Å². The average Bonchev–Trinajstić information content (AvgIpc) is 2.69. The predicted octanol–water partition coefficient (Wildman–Crippen LogP) is -0.200. The van der Waals surface area contributed by atoms with E-state index in [1.54, 1.807) is 6.92 Å². The zero-order valence-electron chi connectivity index (χ0n) is 8.64. The van der Waals surface area contributed by atoms with Crippen molar-refractivity contribution in [3.05, 3.63) is 12.2 Å². The minimum absolute atomic E-state index is 0.0793. The van der Waals surface area contributed by atoms with E-state index in [4.69, 9.17) is 5.11 Å². The molecule has 3 N–H and O–H groups in total. The number of carboxylic acids is 1. The minimum atomic E-state index is -0.930. The SMILES string of the molecule is CC(NC(=O)CSCC(=O)O)c1ncn[nH]1. The molecule has 0 aliphatic rings. The van der Waals surface area contributed by atoms with Gasteiger partial charge in [-0.25, -0.2) is 4.98 Å². The van der Waals surface area contributed by atoms with Gasteiger partial charge >= 0.3 is 5.97 Å². The smallest absolute Gasteiger partial charge is 0.313 e. The fourth-order valence-corrected chi connectivity index (χ4v) is 1.55. The third-order valence-electron chi connectivity index (χ3n) is 1.68. The summed E-state index contributed by atoms with van der Waals surface area (Å²) in [6.45, 7) is 1.76. The quantitative estimate of drug-likeness (QED) is 0.639. The number of aromatic amines is 1. The number of rotatable bonds is 6. The Kier molecular flexibility index (Phi) is 4.77. The monoisotopic (exact) mass is 244 g/mol. The minimum Gasteiger partial charge on any atom is -0.481 e. The number of carbonyl (C=O) groups excluding carboxylic acids is 1. The van der Waals surface area contributed by atoms with Crippen LogP contribution in [0, 0.1) is 0 Å². The summed E-state index contributed by atoms with van der Waals surface area (Å²) in [5.41, 5.74) is 0. The van der Waals surface area contributed by atoms with Gasteiger partial charge < -0.3 is 10.4 Å². The van der Waals surface area contributed by atoms with Crippen molar-refractivity contribution in [3.63, 3.8) is 0 Å². The number of nitrogens with zero attached hydrogens (tertiary/aromatic N) is 2. The topological polar surface area (TPSA) is 108 Å². The average molecular weight is 244 g/mol. The molecule has 0 spiro atoms. The second-order valence-electron chi connectivity index (χ2n) is 3.05. The Morgan fingerprint density at radius 1 is 1.62 bits per heavy atom. The van der Waals surface area contributed by atoms with Gasteiger partial charge in [-0.3, -0.25) is 14.7 Å². The second-order valence-corrected chi connectivity index (χ2v) is 4.03. The van der Waals surface area contributed by atoms with E-state index in [0.29, 0.717) is 5.82 Å². The van der Waals surface area contributed by atoms with Gasteiger partial charge in [0, 0.05) is 0 Å². The van der Waals surface area contributed by atoms with Crippen LogP contribution >= 0.6 is 11.8 Å². The third-order valence-corrected chi connectivity index (χ3v) is 2.60. The van der Waals surface area contributed by atoms with Gasteiger partial charge in [0.2, 0.25) is 5.91 Å². The van der Waals surface area contributed by atoms with Crippen LogP contribution in [0.3, 0.4) is 0 Å². The lowest BCUT2D eigenvalue weighted by molar-refractivity contribution is -0.133. The molecule has 0 bridgehead atoms. The molecule has 0 radical (unpaired) electrons. The number of amides is 1. The molecule has 0 aliphatic carbocycles. The number of hydrogen-bond donors (Lipinski definition) is 3. The van der Waals surface area contributed by atoms with Crippen LogP contribution in [0.2, 0.25) is 0 Å². The lowest BCUT2D eigenvalue weighted by Crippen LogP contribution is -2.29. The molecule has 0 saturated heterocycles. The number of H-pyrrole nitrogens is 1. The second kappa shape index (κ2) is 6.11. The molecule has 1 aromatic rings. The van der Waals surface area contributed by atoms with Crippen LogP contribution in [0.4, 0.5) is 0 Å². The van der Waals surface area contributed by atoms with Crippen LogP contribution in [0.15, 0.2) is 6.33 Å². The Balaban J connectivity index is 2.26. The van der Waals surface area contributed by atoms with Crippen molar-refractivity contribution in [2.24, 2.45) is 0 Å². The maximum atomic E-state index is 11.3. The maximum absolute atomic E-state index is 11.3. The lowest BCUT2D eigenvalue weighted by Gasteiger charge is -2.10. The van der Waals surface area contributed by atoms with Crippen molar-refractivity contribution < 1.29 is 14.7 Å². The van der Waals surface area contributed by atoms with Gasteiger partial charge in [-0.15, -0.1) is 11.8 Å². The van der Waals surface area contributed by atoms with Crippen LogP contribution in [0.25, 0.3) is 0 Å². The van der Waals surface area contributed by atoms with E-state index < -0.39 is 5.97 Å². The molecular weight excluding hydrogens is 232 g/mol. The van der Waals surface area contributed by atoms with Crippen LogP contribution in [0.1, 0.15) is 18.8 Å². The molecule has 0 fully saturated rings. The van der Waals surface area contributed by atoms with Crippen LogP contribution < -0.4 is 5.32 Å². The highest BCUT2D eigenvalue weighted by Crippen LogP contribution is 2.05. The van der Waals surface area contributed by atoms with Crippen molar-refractivity contribution >= 4 is 23.6 Å². The molecule has 1 amide bonds. The molecule has 1 unspecified atom stereocenters. The van der Waals surface area contributed by atoms with Gasteiger partial charge in [-0.1, -0.05) is 0 Å². The van der Waals surface area contributed by atoms with E-state index in [-0.39, 0.29) is 23.5 Å². The number of carbonyl (C=O) groups is 2. The van der Waals surface area contributed by atoms with Gasteiger partial charge in [0.05, 0.1) is 17.5 Å². The van der Waals surface area contributed by atoms with E-state index in [2.05, 4.69) is 20.5 Å². The van der Waals surface area contributed by atoms with Crippen molar-refractivity contribution in [2.75, 3.05) is 11.5 Å². The van der Waals surface area contributed by atoms with Gasteiger partial charge in [-0.2, -0.15) is 5.10 Å². The van der Waals surface area contributed by atoms with E-state index in [1.807, 2.05) is 0 Å². The van der Waals surface area contributed by atoms with Crippen LogP contribution in [-0.2, 0) is 9.59 Å². The van der Waals surface area contributed by atoms with E-state index >= 15 is 0 Å². The Labute approximate surface area is 96.0 Å². The maximum Gasteiger partial charge on any atom is 0.313 e. The predicted molar refractivity (Wildman–Crippen MR) is 57.9 cm³/mol. The zero-order valence-corrected chi connectivity index (χ0v) is 9.45. The number of aliphatic carboxylic acids is 1. The Morgan fingerprint density at radius 3 is 2.94 bits per heavy atom. The zero-order chi connectivity index (χ0) is 12.0. The number of carboxylic acid groups (broad SMARTS) is 1. The Hall–Kier alpha value is -1.57. The van der Waals surface area contributed by atoms with Crippen molar-refractivity contribution in [2.45, 2.75) is 13.0 Å². The molecule has 88 valence electrons. The summed E-state index contributed by atoms with van der Waals surface area (Å²) < 4.78 is 0. The molecule has 1 aromatic heterocycles. The van der Waals surface area contributed by atoms with Gasteiger partial charge in [0.15, 0.2) is 0 Å². The van der Waals surface area contributed by atoms with Crippen LogP contribution in [0.5, 0.6) is 0 Å². The molecule has 0 saturated carbocycles. The summed E-state index contributed by atoms with van der Waals surface area (Å²) in [5.74, 6) is -0.553. The Morgan fingerprint density at radius 2 is 2.38 bits per heavy atom. The highest BCUT2D eigenvalue weighted by Gasteiger charge is 2.11. The van der Waals surface area contributed by atoms with Gasteiger partial charge in [0.25, 0.3) is 0 Å². The van der Waals surface area contributed by atoms with E-state index in [9.17, 15) is 9.59 Å². The number of aromatic nitrogens is 3. The molecule has 0 aromatic carbocycles. The first-order valence-electron chi connectivity index (χ1n) is 4.53. The number of thioether (sulfide) groups is 1. The number of hydrogen-bond acceptors (Lipinski definition) is 5. The third kappa shape index (κ3) is 4.30. The first-order chi connectivity index (χ1) is 7.59. The summed E-state index contributed by atoms with van der Waals surface area (Å²) in [6.07, 6.45) is 1.36. The number of nitrogens with one attached hydrogen (secondary N) is 2. The molecule has 0 aliphatic heterocycles. The summed E-state index contributed by atoms with van der Waals surface area (Å²) in [6, 6.07) is -0.263. The molecule has 1 atom stereocenters. The highest BCUT2D eigenvalue weighted by atomic mass is 32.2. The molecule has 1 heterocycles. The molecule has 8 heteroatoms. The van der Waals surface area contributed by atoms with Crippen molar-refractivity contribution in [1.82, 2.24) is 20.5 Å². The van der Waals surface area contributed by atoms with Crippen LogP contribution in [-0.4, -0.2) is 43.7 Å². The Bertz CT molecular complexity index is 354. The molecule has 7 nitrogen and oxygen atoms in total. The first kappa shape index (κ1) is 12.5. The molecule has 16 heavy (non-hydrogen) atoms. The van der Waals surface area contributed by atoms with Gasteiger partial charge in [0.1, 0.15) is 12.2 Å². The van der Waals surface area contributed by atoms with E-state index in [0.717, 1.165) is 11.8 Å². The fourth-order valence-electron chi connectivity index (χ4n) is 1.01. The molecule has 1 rings (SSSR count). The van der Waals surface area contributed by atoms with Crippen molar-refractivity contribution in [3.8, 4) is 0 Å². The molecular formula is C8H12N4O3S. The standard InChI is InChI=1S/C8H12N4O3S/c1-5(8-9-4-10-12-8)11-6(13)2-16-3-7(14)15/h4-5H,2-3H2,1H3,(H,11,13)(H,14,15)(H,9,10,12). The summed E-state index contributed by atoms with van der Waals surface area (Å²) in [7, 11) is 0. The van der Waals surface area contributed by atoms with E-state index in [1.165, 1.54) is 6.33 Å². The summed E-state index contributed by atoms with van der Waals surface area (Å²) >= 11 is 1.05. The fraction of sp³-hybridized carbons (Fsp3) is 0.500. The highest BCUT2D eigenvalue weighted by molar-refractivity contribution is 8.00. The summed E-state index contributed by atoms with van der Waals surface area (Å²) in [5, 5.41) is 17.4. The van der Waals surface area contributed by atoms with Gasteiger partial charge in [-0.05, 0) is 6.92 Å². The lowest BCUT2D eigenvalue weighted by atomic mass is 10.3. The normalized spacial score (nSPS) is 12.1. The largest absolute Gasteiger partial charge is 0.481 e. The summed E-state index contributed by atoms with van der Waals surface area (Å²) in [4.78, 5) is 25.5. The first-order valence-corrected chi connectivity index (χ1v) is 5.69.